The van der Waals surface area contributed by atoms with Crippen LogP contribution in [-0.4, -0.2) is 113 Å². The zero-order valence-corrected chi connectivity index (χ0v) is 23.0. The number of para-hydroxylation sites is 1. The molecule has 1 aromatic carbocycles. The molecule has 1 aromatic rings. The molecule has 3 aliphatic rings. The van der Waals surface area contributed by atoms with Crippen molar-refractivity contribution in [2.75, 3.05) is 58.2 Å². The number of carbonyl (C=O) groups excluding carboxylic acids is 3. The average Bonchev–Trinajstić information content (AvgIpc) is 3.08. The topological polar surface area (TPSA) is 106 Å². The summed E-state index contributed by atoms with van der Waals surface area (Å²) >= 11 is 0. The van der Waals surface area contributed by atoms with Crippen LogP contribution in [0.15, 0.2) is 24.3 Å². The van der Waals surface area contributed by atoms with Crippen LogP contribution in [-0.2, 0) is 16.0 Å². The van der Waals surface area contributed by atoms with Gasteiger partial charge in [-0.3, -0.25) is 4.79 Å². The minimum Gasteiger partial charge on any atom is -0.439 e. The first-order chi connectivity index (χ1) is 18.1. The molecule has 4 rings (SSSR count). The number of benzene rings is 1. The highest BCUT2D eigenvalue weighted by Gasteiger charge is 2.32. The van der Waals surface area contributed by atoms with Gasteiger partial charge in [-0.05, 0) is 71.0 Å². The lowest BCUT2D eigenvalue weighted by Crippen LogP contribution is -2.50. The minimum absolute atomic E-state index is 0.0675. The molecule has 10 heteroatoms. The van der Waals surface area contributed by atoms with Crippen molar-refractivity contribution in [3.05, 3.63) is 29.8 Å². The molecule has 0 aromatic heterocycles. The summed E-state index contributed by atoms with van der Waals surface area (Å²) in [4.78, 5) is 45.7. The molecule has 0 spiro atoms. The number of nitrogens with one attached hydrogen (secondary N) is 1. The predicted molar refractivity (Wildman–Crippen MR) is 145 cm³/mol. The van der Waals surface area contributed by atoms with E-state index < -0.39 is 11.7 Å². The van der Waals surface area contributed by atoms with Crippen molar-refractivity contribution in [2.24, 2.45) is 0 Å². The highest BCUT2D eigenvalue weighted by Crippen LogP contribution is 2.25. The number of carbonyl (C=O) groups is 3. The molecule has 2 fully saturated rings. The number of nitrogens with zero attached hydrogens (tertiary/aromatic N) is 4. The van der Waals surface area contributed by atoms with Crippen molar-refractivity contribution in [1.82, 2.24) is 19.6 Å². The zero-order valence-electron chi connectivity index (χ0n) is 23.0. The summed E-state index contributed by atoms with van der Waals surface area (Å²) in [6.07, 6.45) is 4.13. The first kappa shape index (κ1) is 28.2. The predicted octanol–water partition coefficient (Wildman–Crippen LogP) is 2.76. The Morgan fingerprint density at radius 1 is 1.05 bits per heavy atom. The molecule has 0 saturated carbocycles. The molecular weight excluding hydrogens is 486 g/mol. The number of aliphatic hydroxyl groups is 1. The van der Waals surface area contributed by atoms with Gasteiger partial charge in [0, 0.05) is 57.0 Å². The molecule has 2 saturated heterocycles. The maximum Gasteiger partial charge on any atom is 0.410 e. The first-order valence-electron chi connectivity index (χ1n) is 13.9. The van der Waals surface area contributed by atoms with Gasteiger partial charge in [0.1, 0.15) is 0 Å². The fourth-order valence-electron chi connectivity index (χ4n) is 5.59. The van der Waals surface area contributed by atoms with Crippen molar-refractivity contribution in [3.8, 4) is 0 Å². The summed E-state index contributed by atoms with van der Waals surface area (Å²) in [6.45, 7) is 7.13. The lowest BCUT2D eigenvalue weighted by Gasteiger charge is -2.38. The number of amides is 4. The Kier molecular flexibility index (Phi) is 9.15. The summed E-state index contributed by atoms with van der Waals surface area (Å²) in [5.41, 5.74) is 1.32. The van der Waals surface area contributed by atoms with Crippen LogP contribution in [0.5, 0.6) is 0 Å². The van der Waals surface area contributed by atoms with Gasteiger partial charge in [-0.2, -0.15) is 0 Å². The van der Waals surface area contributed by atoms with Crippen molar-refractivity contribution < 1.29 is 24.2 Å². The number of urea groups is 1. The number of piperidine rings is 2. The molecule has 0 bridgehead atoms. The van der Waals surface area contributed by atoms with Crippen LogP contribution in [0.4, 0.5) is 15.3 Å². The van der Waals surface area contributed by atoms with Crippen LogP contribution in [0.1, 0.15) is 51.5 Å². The summed E-state index contributed by atoms with van der Waals surface area (Å²) in [5, 5.41) is 13.0. The summed E-state index contributed by atoms with van der Waals surface area (Å²) in [5.74, 6) is -0.161. The van der Waals surface area contributed by atoms with E-state index in [9.17, 15) is 19.5 Å². The number of fused-ring (bicyclic) bond motifs is 1. The molecule has 3 aliphatic heterocycles. The smallest absolute Gasteiger partial charge is 0.410 e. The average molecular weight is 530 g/mol. The van der Waals surface area contributed by atoms with Gasteiger partial charge in [0.2, 0.25) is 0 Å². The summed E-state index contributed by atoms with van der Waals surface area (Å²) in [6, 6.07) is 8.23. The maximum atomic E-state index is 12.8. The third kappa shape index (κ3) is 7.38. The zero-order chi connectivity index (χ0) is 27.3. The second-order valence-electron chi connectivity index (χ2n) is 11.5. The highest BCUT2D eigenvalue weighted by molar-refractivity contribution is 5.91. The number of hydrogen-bond donors (Lipinski definition) is 2. The van der Waals surface area contributed by atoms with Crippen molar-refractivity contribution in [3.63, 3.8) is 0 Å². The van der Waals surface area contributed by atoms with Gasteiger partial charge in [-0.25, -0.2) is 9.59 Å². The van der Waals surface area contributed by atoms with Gasteiger partial charge < -0.3 is 34.8 Å². The molecule has 4 amide bonds. The van der Waals surface area contributed by atoms with Gasteiger partial charge in [-0.1, -0.05) is 18.2 Å². The van der Waals surface area contributed by atoms with Crippen molar-refractivity contribution in [2.45, 2.75) is 70.1 Å². The molecule has 210 valence electrons. The van der Waals surface area contributed by atoms with E-state index in [0.29, 0.717) is 58.0 Å². The van der Waals surface area contributed by atoms with E-state index >= 15 is 0 Å². The van der Waals surface area contributed by atoms with Gasteiger partial charge in [0.25, 0.3) is 5.91 Å². The molecule has 3 heterocycles. The number of anilines is 1. The number of likely N-dealkylation sites (tertiary alicyclic amines) is 2. The van der Waals surface area contributed by atoms with E-state index in [1.807, 2.05) is 43.0 Å². The second-order valence-corrected chi connectivity index (χ2v) is 11.5. The molecular formula is C28H43N5O5. The van der Waals surface area contributed by atoms with Crippen LogP contribution < -0.4 is 5.32 Å². The van der Waals surface area contributed by atoms with Gasteiger partial charge in [0.15, 0.2) is 6.61 Å². The maximum absolute atomic E-state index is 12.8. The summed E-state index contributed by atoms with van der Waals surface area (Å²) < 4.78 is 5.38. The van der Waals surface area contributed by atoms with E-state index in [2.05, 4.69) is 17.3 Å². The molecule has 38 heavy (non-hydrogen) atoms. The standard InChI is InChI=1S/C28H43N5O5/c1-28(2,37)13-19-30(3)22-9-14-31(15-10-22)25(34)20-38-27(36)32-16-11-23(12-17-32)33-18-8-21-6-4-5-7-24(21)29-26(33)35/h4-7,22-23,37H,8-20H2,1-3H3,(H,29,35). The Bertz CT molecular complexity index is 980. The SMILES string of the molecule is CN(CCC(C)(C)O)C1CCN(C(=O)COC(=O)N2CCC(N3CCc4ccccc4NC3=O)CC2)CC1. The quantitative estimate of drug-likeness (QED) is 0.563. The summed E-state index contributed by atoms with van der Waals surface area (Å²) in [7, 11) is 2.07. The molecule has 2 N–H and O–H groups in total. The minimum atomic E-state index is -0.682. The normalized spacial score (nSPS) is 19.7. The van der Waals surface area contributed by atoms with Crippen LogP contribution in [0.25, 0.3) is 0 Å². The Labute approximate surface area is 225 Å². The largest absolute Gasteiger partial charge is 0.439 e. The van der Waals surface area contributed by atoms with Crippen molar-refractivity contribution >= 4 is 23.7 Å². The molecule has 10 nitrogen and oxygen atoms in total. The number of ether oxygens (including phenoxy) is 1. The molecule has 0 atom stereocenters. The second kappa shape index (κ2) is 12.3. The fourth-order valence-corrected chi connectivity index (χ4v) is 5.59. The van der Waals surface area contributed by atoms with Gasteiger partial charge in [0.05, 0.1) is 5.60 Å². The van der Waals surface area contributed by atoms with Crippen LogP contribution in [0.2, 0.25) is 0 Å². The molecule has 0 unspecified atom stereocenters. The van der Waals surface area contributed by atoms with Gasteiger partial charge in [-0.15, -0.1) is 0 Å². The number of hydrogen-bond acceptors (Lipinski definition) is 6. The lowest BCUT2D eigenvalue weighted by atomic mass is 10.0. The number of rotatable bonds is 7. The Hall–Kier alpha value is -2.85. The Balaban J connectivity index is 1.15. The first-order valence-corrected chi connectivity index (χ1v) is 13.9. The third-order valence-electron chi connectivity index (χ3n) is 8.14. The van der Waals surface area contributed by atoms with E-state index in [4.69, 9.17) is 4.74 Å². The Morgan fingerprint density at radius 3 is 2.39 bits per heavy atom. The Morgan fingerprint density at radius 2 is 1.71 bits per heavy atom. The lowest BCUT2D eigenvalue weighted by molar-refractivity contribution is -0.136. The van der Waals surface area contributed by atoms with E-state index in [1.165, 1.54) is 0 Å². The van der Waals surface area contributed by atoms with Crippen LogP contribution in [0.3, 0.4) is 0 Å². The van der Waals surface area contributed by atoms with Crippen LogP contribution in [0, 0.1) is 0 Å². The molecule has 0 aliphatic carbocycles. The van der Waals surface area contributed by atoms with E-state index in [-0.39, 0.29) is 24.6 Å². The van der Waals surface area contributed by atoms with E-state index in [0.717, 1.165) is 37.1 Å². The highest BCUT2D eigenvalue weighted by atomic mass is 16.6. The molecule has 0 radical (unpaired) electrons. The monoisotopic (exact) mass is 529 g/mol. The van der Waals surface area contributed by atoms with Gasteiger partial charge >= 0.3 is 12.1 Å². The third-order valence-corrected chi connectivity index (χ3v) is 8.14. The van der Waals surface area contributed by atoms with E-state index in [1.54, 1.807) is 9.80 Å². The fraction of sp³-hybridized carbons (Fsp3) is 0.679. The van der Waals surface area contributed by atoms with Crippen molar-refractivity contribution in [1.29, 1.82) is 0 Å². The van der Waals surface area contributed by atoms with Crippen LogP contribution >= 0.6 is 0 Å².